The van der Waals surface area contributed by atoms with Crippen LogP contribution in [0.2, 0.25) is 0 Å². The smallest absolute Gasteiger partial charge is 0.338 e. The van der Waals surface area contributed by atoms with E-state index in [4.69, 9.17) is 9.47 Å². The highest BCUT2D eigenvalue weighted by Gasteiger charge is 2.16. The van der Waals surface area contributed by atoms with Crippen LogP contribution < -0.4 is 10.1 Å². The highest BCUT2D eigenvalue weighted by molar-refractivity contribution is 9.10. The summed E-state index contributed by atoms with van der Waals surface area (Å²) in [5.74, 6) is 0.00637. The van der Waals surface area contributed by atoms with Gasteiger partial charge in [0.25, 0.3) is 5.91 Å². The lowest BCUT2D eigenvalue weighted by atomic mass is 10.2. The van der Waals surface area contributed by atoms with Gasteiger partial charge in [-0.05, 0) is 50.2 Å². The summed E-state index contributed by atoms with van der Waals surface area (Å²) in [4.78, 5) is 27.9. The summed E-state index contributed by atoms with van der Waals surface area (Å²) in [6.07, 6.45) is 0.710. The number of pyridine rings is 1. The minimum Gasteiger partial charge on any atom is -0.481 e. The minimum absolute atomic E-state index is 0.261. The van der Waals surface area contributed by atoms with Gasteiger partial charge >= 0.3 is 5.97 Å². The van der Waals surface area contributed by atoms with Crippen LogP contribution in [-0.4, -0.2) is 29.6 Å². The van der Waals surface area contributed by atoms with E-state index in [1.54, 1.807) is 26.0 Å². The Hall–Kier alpha value is -2.41. The first kappa shape index (κ1) is 17.9. The molecule has 24 heavy (non-hydrogen) atoms. The second kappa shape index (κ2) is 8.44. The van der Waals surface area contributed by atoms with Gasteiger partial charge in [0.2, 0.25) is 0 Å². The Kier molecular flexibility index (Phi) is 6.31. The predicted molar refractivity (Wildman–Crippen MR) is 93.1 cm³/mol. The topological polar surface area (TPSA) is 77.5 Å². The fraction of sp³-hybridized carbons (Fsp3) is 0.235. The van der Waals surface area contributed by atoms with E-state index in [-0.39, 0.29) is 18.3 Å². The molecule has 0 aliphatic carbocycles. The summed E-state index contributed by atoms with van der Waals surface area (Å²) in [6, 6.07) is 10.1. The lowest BCUT2D eigenvalue weighted by molar-refractivity contribution is -0.122. The highest BCUT2D eigenvalue weighted by Crippen LogP contribution is 2.18. The van der Waals surface area contributed by atoms with Gasteiger partial charge in [0.05, 0.1) is 12.2 Å². The van der Waals surface area contributed by atoms with Crippen molar-refractivity contribution in [1.29, 1.82) is 0 Å². The number of nitrogens with one attached hydrogen (secondary N) is 1. The first-order chi connectivity index (χ1) is 11.5. The van der Waals surface area contributed by atoms with Gasteiger partial charge in [0, 0.05) is 10.7 Å². The Bertz CT molecular complexity index is 719. The van der Waals surface area contributed by atoms with Gasteiger partial charge < -0.3 is 14.8 Å². The van der Waals surface area contributed by atoms with Crippen LogP contribution in [0, 0.1) is 0 Å². The zero-order valence-corrected chi connectivity index (χ0v) is 14.9. The van der Waals surface area contributed by atoms with Crippen molar-refractivity contribution in [2.75, 3.05) is 11.9 Å². The van der Waals surface area contributed by atoms with Crippen molar-refractivity contribution >= 4 is 33.6 Å². The summed E-state index contributed by atoms with van der Waals surface area (Å²) >= 11 is 3.33. The van der Waals surface area contributed by atoms with E-state index in [1.165, 1.54) is 18.3 Å². The lowest BCUT2D eigenvalue weighted by Crippen LogP contribution is -2.30. The van der Waals surface area contributed by atoms with Gasteiger partial charge in [0.1, 0.15) is 11.6 Å². The molecule has 2 rings (SSSR count). The zero-order valence-electron chi connectivity index (χ0n) is 13.3. The van der Waals surface area contributed by atoms with Crippen molar-refractivity contribution in [1.82, 2.24) is 4.98 Å². The van der Waals surface area contributed by atoms with E-state index in [9.17, 15) is 9.59 Å². The molecule has 1 aromatic carbocycles. The molecule has 1 unspecified atom stereocenters. The van der Waals surface area contributed by atoms with E-state index in [0.29, 0.717) is 11.3 Å². The van der Waals surface area contributed by atoms with Gasteiger partial charge in [-0.25, -0.2) is 9.78 Å². The Morgan fingerprint density at radius 1 is 1.25 bits per heavy atom. The maximum Gasteiger partial charge on any atom is 0.338 e. The standard InChI is InChI=1S/C17H17BrN2O4/c1-3-23-17(22)12-8-9-19-15(10-12)20-16(21)11(2)24-14-6-4-13(18)5-7-14/h4-11H,3H2,1-2H3,(H,19,20,21). The Labute approximate surface area is 148 Å². The summed E-state index contributed by atoms with van der Waals surface area (Å²) < 4.78 is 11.4. The average Bonchev–Trinajstić information content (AvgIpc) is 2.57. The molecule has 0 bridgehead atoms. The molecule has 6 nitrogen and oxygen atoms in total. The lowest BCUT2D eigenvalue weighted by Gasteiger charge is -2.14. The van der Waals surface area contributed by atoms with E-state index >= 15 is 0 Å². The number of hydrogen-bond donors (Lipinski definition) is 1. The Morgan fingerprint density at radius 3 is 2.62 bits per heavy atom. The molecule has 1 heterocycles. The van der Waals surface area contributed by atoms with Crippen LogP contribution in [0.5, 0.6) is 5.75 Å². The summed E-state index contributed by atoms with van der Waals surface area (Å²) in [7, 11) is 0. The number of amides is 1. The number of hydrogen-bond acceptors (Lipinski definition) is 5. The van der Waals surface area contributed by atoms with Crippen LogP contribution in [0.1, 0.15) is 24.2 Å². The second-order valence-electron chi connectivity index (χ2n) is 4.85. The molecule has 0 spiro atoms. The molecule has 0 aliphatic heterocycles. The van der Waals surface area contributed by atoms with Crippen molar-refractivity contribution in [2.45, 2.75) is 20.0 Å². The van der Waals surface area contributed by atoms with Gasteiger partial charge in [-0.2, -0.15) is 0 Å². The molecule has 0 fully saturated rings. The normalized spacial score (nSPS) is 11.5. The molecule has 0 saturated carbocycles. The second-order valence-corrected chi connectivity index (χ2v) is 5.77. The van der Waals surface area contributed by atoms with E-state index in [0.717, 1.165) is 4.47 Å². The van der Waals surface area contributed by atoms with Crippen LogP contribution in [0.3, 0.4) is 0 Å². The number of carbonyl (C=O) groups excluding carboxylic acids is 2. The number of benzene rings is 1. The molecule has 1 atom stereocenters. The van der Waals surface area contributed by atoms with Crippen LogP contribution in [-0.2, 0) is 9.53 Å². The largest absolute Gasteiger partial charge is 0.481 e. The Balaban J connectivity index is 1.99. The fourth-order valence-electron chi connectivity index (χ4n) is 1.84. The number of halogens is 1. The van der Waals surface area contributed by atoms with Gasteiger partial charge in [-0.1, -0.05) is 15.9 Å². The van der Waals surface area contributed by atoms with Crippen molar-refractivity contribution < 1.29 is 19.1 Å². The third kappa shape index (κ3) is 5.06. The van der Waals surface area contributed by atoms with Crippen molar-refractivity contribution in [3.63, 3.8) is 0 Å². The average molecular weight is 393 g/mol. The molecule has 0 saturated heterocycles. The van der Waals surface area contributed by atoms with Gasteiger partial charge in [-0.3, -0.25) is 4.79 Å². The molecule has 0 radical (unpaired) electrons. The van der Waals surface area contributed by atoms with E-state index in [2.05, 4.69) is 26.2 Å². The molecule has 1 amide bonds. The van der Waals surface area contributed by atoms with Crippen LogP contribution in [0.15, 0.2) is 47.1 Å². The number of anilines is 1. The number of carbonyl (C=O) groups is 2. The quantitative estimate of drug-likeness (QED) is 0.761. The first-order valence-corrected chi connectivity index (χ1v) is 8.15. The molecule has 7 heteroatoms. The Morgan fingerprint density at radius 2 is 1.96 bits per heavy atom. The van der Waals surface area contributed by atoms with Gasteiger partial charge in [0.15, 0.2) is 6.10 Å². The number of rotatable bonds is 6. The first-order valence-electron chi connectivity index (χ1n) is 7.36. The SMILES string of the molecule is CCOC(=O)c1ccnc(NC(=O)C(C)Oc2ccc(Br)cc2)c1. The monoisotopic (exact) mass is 392 g/mol. The fourth-order valence-corrected chi connectivity index (χ4v) is 2.10. The number of aromatic nitrogens is 1. The molecule has 126 valence electrons. The minimum atomic E-state index is -0.723. The third-order valence-corrected chi connectivity index (χ3v) is 3.55. The van der Waals surface area contributed by atoms with Crippen molar-refractivity contribution in [3.05, 3.63) is 52.6 Å². The number of esters is 1. The highest BCUT2D eigenvalue weighted by atomic mass is 79.9. The molecular formula is C17H17BrN2O4. The maximum absolute atomic E-state index is 12.2. The van der Waals surface area contributed by atoms with Crippen LogP contribution >= 0.6 is 15.9 Å². The summed E-state index contributed by atoms with van der Waals surface area (Å²) in [6.45, 7) is 3.64. The maximum atomic E-state index is 12.2. The van der Waals surface area contributed by atoms with Crippen molar-refractivity contribution in [2.24, 2.45) is 0 Å². The van der Waals surface area contributed by atoms with Gasteiger partial charge in [-0.15, -0.1) is 0 Å². The molecule has 0 aliphatic rings. The van der Waals surface area contributed by atoms with Crippen LogP contribution in [0.4, 0.5) is 5.82 Å². The van der Waals surface area contributed by atoms with Crippen molar-refractivity contribution in [3.8, 4) is 5.75 Å². The van der Waals surface area contributed by atoms with Crippen LogP contribution in [0.25, 0.3) is 0 Å². The number of nitrogens with zero attached hydrogens (tertiary/aromatic N) is 1. The molecule has 1 aromatic heterocycles. The molecular weight excluding hydrogens is 376 g/mol. The van der Waals surface area contributed by atoms with E-state index < -0.39 is 12.1 Å². The molecule has 1 N–H and O–H groups in total. The summed E-state index contributed by atoms with van der Waals surface area (Å²) in [5, 5.41) is 2.62. The summed E-state index contributed by atoms with van der Waals surface area (Å²) in [5.41, 5.74) is 0.323. The molecule has 2 aromatic rings. The predicted octanol–water partition coefficient (Wildman–Crippen LogP) is 3.43. The zero-order chi connectivity index (χ0) is 17.5. The van der Waals surface area contributed by atoms with E-state index in [1.807, 2.05) is 12.1 Å². The third-order valence-electron chi connectivity index (χ3n) is 3.02. The number of ether oxygens (including phenoxy) is 2.